The Morgan fingerprint density at radius 3 is 0.615 bits per heavy atom. The van der Waals surface area contributed by atoms with Gasteiger partial charge in [0.25, 0.3) is 0 Å². The summed E-state index contributed by atoms with van der Waals surface area (Å²) >= 11 is 0. The molecule has 13 heavy (non-hydrogen) atoms. The van der Waals surface area contributed by atoms with Crippen molar-refractivity contribution in [3.8, 4) is 0 Å². The number of phosphoric acid groups is 2. The summed E-state index contributed by atoms with van der Waals surface area (Å²) in [6, 6.07) is 0. The zero-order valence-electron chi connectivity index (χ0n) is 5.79. The summed E-state index contributed by atoms with van der Waals surface area (Å²) < 4.78 is 17.8. The van der Waals surface area contributed by atoms with Crippen LogP contribution in [0.1, 0.15) is 0 Å². The number of rotatable bonds is 0. The number of hydrogen-bond donors (Lipinski definition) is 6. The van der Waals surface area contributed by atoms with Crippen molar-refractivity contribution in [3.05, 3.63) is 0 Å². The van der Waals surface area contributed by atoms with Crippen LogP contribution in [0.3, 0.4) is 0 Å². The SMILES string of the molecule is O.O=P(O)(O)O.O=P(O)(O)O.[V].[V]. The van der Waals surface area contributed by atoms with Crippen molar-refractivity contribution >= 4 is 15.6 Å². The Bertz CT molecular complexity index is 128. The summed E-state index contributed by atoms with van der Waals surface area (Å²) in [4.78, 5) is 43.1. The maximum atomic E-state index is 8.88. The minimum absolute atomic E-state index is 0. The van der Waals surface area contributed by atoms with E-state index < -0.39 is 15.6 Å². The molecule has 0 saturated heterocycles. The second kappa shape index (κ2) is 11.4. The summed E-state index contributed by atoms with van der Waals surface area (Å²) in [5.41, 5.74) is 0. The Morgan fingerprint density at radius 1 is 0.615 bits per heavy atom. The molecule has 8 N–H and O–H groups in total. The minimum Gasteiger partial charge on any atom is -0.412 e. The van der Waals surface area contributed by atoms with E-state index in [4.69, 9.17) is 38.5 Å². The molecule has 82 valence electrons. The molecule has 9 nitrogen and oxygen atoms in total. The minimum atomic E-state index is -4.64. The summed E-state index contributed by atoms with van der Waals surface area (Å²) in [6.45, 7) is 0. The first-order valence-electron chi connectivity index (χ1n) is 1.57. The first kappa shape index (κ1) is 29.3. The van der Waals surface area contributed by atoms with Crippen molar-refractivity contribution in [3.63, 3.8) is 0 Å². The Hall–Kier alpha value is 1.35. The third-order valence-electron chi connectivity index (χ3n) is 0. The molecule has 0 aromatic rings. The van der Waals surface area contributed by atoms with Crippen molar-refractivity contribution < 1.29 is 81.1 Å². The maximum Gasteiger partial charge on any atom is 0.466 e. The van der Waals surface area contributed by atoms with Crippen LogP contribution >= 0.6 is 15.6 Å². The van der Waals surface area contributed by atoms with E-state index in [2.05, 4.69) is 0 Å². The van der Waals surface area contributed by atoms with Crippen LogP contribution in [0.4, 0.5) is 0 Å². The number of hydrogen-bond acceptors (Lipinski definition) is 2. The van der Waals surface area contributed by atoms with Gasteiger partial charge in [0.2, 0.25) is 0 Å². The zero-order chi connectivity index (χ0) is 9.00. The van der Waals surface area contributed by atoms with Crippen LogP contribution < -0.4 is 0 Å². The Labute approximate surface area is 96.7 Å². The van der Waals surface area contributed by atoms with E-state index in [1.54, 1.807) is 0 Å². The Balaban J connectivity index is -0.0000000267. The molecule has 0 atom stereocenters. The molecule has 13 heteroatoms. The van der Waals surface area contributed by atoms with Crippen molar-refractivity contribution in [1.82, 2.24) is 0 Å². The van der Waals surface area contributed by atoms with Crippen molar-refractivity contribution in [1.29, 1.82) is 0 Å². The van der Waals surface area contributed by atoms with Crippen molar-refractivity contribution in [2.24, 2.45) is 0 Å². The monoisotopic (exact) mass is 316 g/mol. The largest absolute Gasteiger partial charge is 0.466 e. The van der Waals surface area contributed by atoms with Crippen LogP contribution in [0.2, 0.25) is 0 Å². The fourth-order valence-electron chi connectivity index (χ4n) is 0. The van der Waals surface area contributed by atoms with Gasteiger partial charge in [-0.3, -0.25) is 0 Å². The van der Waals surface area contributed by atoms with Crippen LogP contribution in [0.5, 0.6) is 0 Å². The second-order valence-corrected chi connectivity index (χ2v) is 3.08. The van der Waals surface area contributed by atoms with Crippen molar-refractivity contribution in [2.45, 2.75) is 0 Å². The van der Waals surface area contributed by atoms with Crippen LogP contribution in [-0.4, -0.2) is 34.8 Å². The molecule has 0 aliphatic carbocycles. The topological polar surface area (TPSA) is 187 Å². The Kier molecular flexibility index (Phi) is 25.7. The Morgan fingerprint density at radius 2 is 0.615 bits per heavy atom. The smallest absolute Gasteiger partial charge is 0.412 e. The fraction of sp³-hybridized carbons (Fsp3) is 0. The van der Waals surface area contributed by atoms with E-state index in [9.17, 15) is 0 Å². The molecule has 0 unspecified atom stereocenters. The first-order valence-corrected chi connectivity index (χ1v) is 4.70. The fourth-order valence-corrected chi connectivity index (χ4v) is 0. The average Bonchev–Trinajstić information content (AvgIpc) is 1.12. The summed E-state index contributed by atoms with van der Waals surface area (Å²) in [7, 11) is -9.28. The molecule has 0 aliphatic heterocycles. The predicted octanol–water partition coefficient (Wildman–Crippen LogP) is -2.69. The molecule has 0 amide bonds. The van der Waals surface area contributed by atoms with E-state index in [0.717, 1.165) is 0 Å². The normalized spacial score (nSPS) is 9.08. The molecule has 0 saturated carbocycles. The van der Waals surface area contributed by atoms with Gasteiger partial charge in [-0.05, 0) is 0 Å². The third-order valence-corrected chi connectivity index (χ3v) is 0. The summed E-state index contributed by atoms with van der Waals surface area (Å²) in [5.74, 6) is 0. The van der Waals surface area contributed by atoms with Gasteiger partial charge in [0.15, 0.2) is 0 Å². The van der Waals surface area contributed by atoms with Gasteiger partial charge in [0.1, 0.15) is 0 Å². The molecule has 0 fully saturated rings. The molecule has 0 spiro atoms. The molecular formula is H8O9P2V2. The van der Waals surface area contributed by atoms with Crippen LogP contribution in [0.25, 0.3) is 0 Å². The van der Waals surface area contributed by atoms with Crippen LogP contribution in [0.15, 0.2) is 0 Å². The van der Waals surface area contributed by atoms with Gasteiger partial charge in [0.05, 0.1) is 0 Å². The summed E-state index contributed by atoms with van der Waals surface area (Å²) in [5, 5.41) is 0. The third kappa shape index (κ3) is 945. The molecule has 0 rings (SSSR count). The van der Waals surface area contributed by atoms with Gasteiger partial charge in [-0.25, -0.2) is 9.13 Å². The molecule has 0 aromatic heterocycles. The van der Waals surface area contributed by atoms with Gasteiger partial charge in [-0.15, -0.1) is 0 Å². The van der Waals surface area contributed by atoms with E-state index in [1.165, 1.54) is 0 Å². The van der Waals surface area contributed by atoms with Gasteiger partial charge in [-0.2, -0.15) is 0 Å². The maximum absolute atomic E-state index is 8.88. The quantitative estimate of drug-likeness (QED) is 0.261. The van der Waals surface area contributed by atoms with Gasteiger partial charge < -0.3 is 34.8 Å². The summed E-state index contributed by atoms with van der Waals surface area (Å²) in [6.07, 6.45) is 0. The van der Waals surface area contributed by atoms with Crippen LogP contribution in [-0.2, 0) is 46.2 Å². The second-order valence-electron chi connectivity index (χ2n) is 1.03. The van der Waals surface area contributed by atoms with Gasteiger partial charge in [0, 0.05) is 37.1 Å². The molecule has 2 radical (unpaired) electrons. The van der Waals surface area contributed by atoms with E-state index in [1.807, 2.05) is 0 Å². The van der Waals surface area contributed by atoms with Crippen molar-refractivity contribution in [2.75, 3.05) is 0 Å². The first-order chi connectivity index (χ1) is 4.00. The van der Waals surface area contributed by atoms with E-state index >= 15 is 0 Å². The predicted molar refractivity (Wildman–Crippen MR) is 32.1 cm³/mol. The molecule has 0 bridgehead atoms. The molecule has 0 aromatic carbocycles. The molecule has 0 aliphatic rings. The van der Waals surface area contributed by atoms with E-state index in [-0.39, 0.29) is 42.6 Å². The van der Waals surface area contributed by atoms with E-state index in [0.29, 0.717) is 0 Å². The zero-order valence-corrected chi connectivity index (χ0v) is 10.4. The molecule has 0 heterocycles. The standard InChI is InChI=1S/2H3O4P.H2O.2V/c2*1-5(2,3)4;;;/h2*(H3,1,2,3,4);1H2;;. The van der Waals surface area contributed by atoms with Gasteiger partial charge in [-0.1, -0.05) is 0 Å². The van der Waals surface area contributed by atoms with Crippen LogP contribution in [0, 0.1) is 0 Å². The van der Waals surface area contributed by atoms with Gasteiger partial charge >= 0.3 is 15.6 Å². The molecular weight excluding hydrogens is 308 g/mol. The average molecular weight is 316 g/mol.